The Bertz CT molecular complexity index is 4820. The monoisotopic (exact) mass is 1990 g/mol. The van der Waals surface area contributed by atoms with E-state index in [9.17, 15) is 63.9 Å². The molecule has 6 saturated heterocycles. The molecule has 14 heterocycles. The molecule has 124 heavy (non-hydrogen) atoms. The van der Waals surface area contributed by atoms with E-state index < -0.39 is 226 Å². The number of hydrogen-bond donors (Lipinski definition) is 21. The van der Waals surface area contributed by atoms with Crippen molar-refractivity contribution in [3.8, 4) is 0 Å². The number of rotatable bonds is 34. The van der Waals surface area contributed by atoms with Crippen LogP contribution in [0.2, 0.25) is 0 Å². The Morgan fingerprint density at radius 1 is 0.524 bits per heavy atom. The van der Waals surface area contributed by atoms with Gasteiger partial charge in [-0.15, -0.1) is 0 Å². The molecule has 6 fully saturated rings. The van der Waals surface area contributed by atoms with Crippen molar-refractivity contribution in [1.29, 1.82) is 0 Å². The number of nitrogens with two attached hydrogens (primary N) is 5. The van der Waals surface area contributed by atoms with Crippen LogP contribution in [0, 0.1) is 5.92 Å². The highest BCUT2D eigenvalue weighted by Gasteiger charge is 2.51. The first-order chi connectivity index (χ1) is 58.4. The summed E-state index contributed by atoms with van der Waals surface area (Å²) in [6.45, 7) is -22.5. The summed E-state index contributed by atoms with van der Waals surface area (Å²) in [6.07, 6.45) is -9.36. The number of carbonyl (C=O) groups is 3. The molecule has 0 saturated carbocycles. The lowest BCUT2D eigenvalue weighted by atomic mass is 10.0. The number of amides is 4. The van der Waals surface area contributed by atoms with Gasteiger partial charge in [0, 0.05) is 76.7 Å². The summed E-state index contributed by atoms with van der Waals surface area (Å²) in [6, 6.07) is 0.801. The van der Waals surface area contributed by atoms with E-state index in [4.69, 9.17) is 182 Å². The van der Waals surface area contributed by atoms with E-state index in [1.165, 1.54) is 72.0 Å². The van der Waals surface area contributed by atoms with Gasteiger partial charge >= 0.3 is 52.0 Å². The fourth-order valence-corrected chi connectivity index (χ4v) is 21.7. The molecule has 64 heteroatoms. The number of anilines is 3. The summed E-state index contributed by atoms with van der Waals surface area (Å²) in [5, 5.41) is 51.4. The molecule has 4 amide bonds. The van der Waals surface area contributed by atoms with Crippen molar-refractivity contribution in [3.63, 3.8) is 0 Å². The number of nitrogens with one attached hydrogen (secondary N) is 7. The van der Waals surface area contributed by atoms with E-state index in [2.05, 4.69) is 52.2 Å². The van der Waals surface area contributed by atoms with Crippen LogP contribution < -0.4 is 71.6 Å². The number of aliphatic hydroxyl groups excluding tert-OH is 3. The third-order valence-corrected chi connectivity index (χ3v) is 30.5. The van der Waals surface area contributed by atoms with Crippen LogP contribution in [0.1, 0.15) is 93.4 Å². The van der Waals surface area contributed by atoms with Crippen molar-refractivity contribution in [3.05, 3.63) is 83.1 Å². The molecule has 0 aromatic carbocycles. The van der Waals surface area contributed by atoms with E-state index in [-0.39, 0.29) is 74.9 Å². The van der Waals surface area contributed by atoms with Gasteiger partial charge in [-0.3, -0.25) is 44.6 Å². The van der Waals surface area contributed by atoms with Crippen molar-refractivity contribution in [2.24, 2.45) is 28.9 Å². The first kappa shape index (κ1) is 97.8. The minimum atomic E-state index is -4.25. The number of ether oxygens (including phenoxy) is 6. The van der Waals surface area contributed by atoms with Gasteiger partial charge in [0.1, 0.15) is 97.2 Å². The zero-order chi connectivity index (χ0) is 89.4. The summed E-state index contributed by atoms with van der Waals surface area (Å²) in [5.41, 5.74) is 29.6. The second kappa shape index (κ2) is 40.8. The maximum atomic E-state index is 12.9. The fraction of sp³-hybridized carbons (Fsp3) is 0.683. The first-order valence-electron chi connectivity index (χ1n) is 37.9. The Labute approximate surface area is 737 Å². The smallest absolute Gasteiger partial charge is 0.351 e. The molecule has 52 nitrogen and oxygen atoms in total. The molecule has 26 N–H and O–H groups in total. The van der Waals surface area contributed by atoms with E-state index in [1.54, 1.807) is 21.5 Å². The largest absolute Gasteiger partial charge is 0.390 e. The average molecular weight is 1990 g/mol. The summed E-state index contributed by atoms with van der Waals surface area (Å²) in [7, 11) is 2.34. The molecule has 3 aromatic rings. The van der Waals surface area contributed by atoms with Gasteiger partial charge in [0.15, 0.2) is 18.3 Å². The molecule has 694 valence electrons. The number of urea groups is 1. The van der Waals surface area contributed by atoms with Gasteiger partial charge in [-0.1, -0.05) is 6.92 Å². The second-order valence-corrected chi connectivity index (χ2v) is 46.4. The van der Waals surface area contributed by atoms with Crippen molar-refractivity contribution < 1.29 is 142 Å². The van der Waals surface area contributed by atoms with Gasteiger partial charge < -0.3 is 187 Å². The molecule has 0 aliphatic carbocycles. The van der Waals surface area contributed by atoms with Crippen LogP contribution in [0.5, 0.6) is 0 Å². The van der Waals surface area contributed by atoms with Crippen molar-refractivity contribution in [2.75, 3.05) is 76.9 Å². The highest BCUT2D eigenvalue weighted by atomic mass is 32.5. The van der Waals surface area contributed by atoms with Crippen molar-refractivity contribution in [2.45, 2.75) is 194 Å². The molecule has 11 aliphatic heterocycles. The van der Waals surface area contributed by atoms with Crippen molar-refractivity contribution >= 4 is 146 Å². The lowest BCUT2D eigenvalue weighted by Crippen LogP contribution is -2.56. The first-order valence-corrected chi connectivity index (χ1v) is 53.4. The van der Waals surface area contributed by atoms with Crippen LogP contribution >= 0.6 is 40.3 Å². The summed E-state index contributed by atoms with van der Waals surface area (Å²) >= 11 is 31.5. The minimum absolute atomic E-state index is 0.0177. The quantitative estimate of drug-likeness (QED) is 0.0262. The van der Waals surface area contributed by atoms with Crippen LogP contribution in [-0.4, -0.2) is 284 Å². The third-order valence-electron chi connectivity index (χ3n) is 20.8. The van der Waals surface area contributed by atoms with Gasteiger partial charge in [-0.25, -0.2) is 19.6 Å². The summed E-state index contributed by atoms with van der Waals surface area (Å²) < 4.78 is 108. The molecule has 11 aliphatic rings. The maximum Gasteiger partial charge on any atom is 0.351 e. The molecular formula is C60H97N21O31P6S6. The van der Waals surface area contributed by atoms with Gasteiger partial charge in [-0.2, -0.15) is 4.98 Å². The average Bonchev–Trinajstić information content (AvgIpc) is 1.86. The molecule has 0 radical (unpaired) electrons. The SMILES string of the molecule is COP(O)(=S)OC[C@H]1O[C@@H](N2C=C(C)C(=O)NC2O)C[C@H]1OP(O)(=S)OC[C@H]1O[C@@H](n2ccc(N)nc2=O)C[C@H]1OP(O)(=S)OC[C@H]1O[C@@H](n2cnc3c2NCNC3N)C[C@H]1O.COP(O)(=S)OC[C@H]1O[C@@H](N2C=CC(N)NC2O)C[C@H]1OP(O)(=S)OC[C@H]1O[C@@H](N2C=CC(N)NC2=O)C[C@H]1OP(O)(=S)OC[C@H]1O[C@@H](n2cnc3c2NC(N)NC3=O)C[C@H]1C. The Balaban J connectivity index is 0.000000213. The Morgan fingerprint density at radius 3 is 1.55 bits per heavy atom. The number of nitrogen functional groups attached to an aromatic ring is 1. The highest BCUT2D eigenvalue weighted by molar-refractivity contribution is 8.08. The Hall–Kier alpha value is -3.69. The molecule has 0 bridgehead atoms. The van der Waals surface area contributed by atoms with Gasteiger partial charge in [0.05, 0.1) is 108 Å². The summed E-state index contributed by atoms with van der Waals surface area (Å²) in [4.78, 5) is 132. The van der Waals surface area contributed by atoms with E-state index in [0.29, 0.717) is 30.4 Å². The number of aromatic nitrogens is 6. The predicted molar refractivity (Wildman–Crippen MR) is 449 cm³/mol. The standard InChI is InChI=1S/C30H50N11O15P3S3.C30H47N10O16P3S3/c1-14-7-22(41-13-34-25-26(41)37-28(33)38-27(25)42)52-17(14)10-50-58(46,61)55-16-9-24(40-6-4-21(32)36-30(40)44)54-19(16)12-51-59(47,62)56-15-8-23(39-5-3-20(31)35-29(39)43)53-18(15)11-49-57(45,60)48-2;1-14-8-39(30(44)37-28(14)42)24-7-17(19(54-24)10-49-57(45,60)48-2)56-59(47,62)51-11-20-16(6-23(53-20)38-4-3-21(31)36-29(38)43)55-58(46,61)50-9-18-15(41)5-22(52-18)40-13-35-25-26(32)33-12-34-27(25)40/h3-6,13-24,28-29,35,37,43H,7-12,31-33H2,1-2H3,(H,36,44)(H,38,42)(H,45,60)(H,46,61)(H,47,62);3-4,8,13,15-20,22-24,26,30,33-34,41,44H,5-7,9-12,32H2,1-2H3,(H,37,42)(H,45,60)(H,46,61)(H,47,62)(H2,31,36,43)/t14-,15-,16-,17-,18-,19-,20?,21?,22-,23-,24-,28?,29?,57?,58?,59?;15-,16-,17-,18-,19-,20-,22-,23-,24-,26?,30?,57?,58?,59?/m11/s1. The Kier molecular flexibility index (Phi) is 32.2. The lowest BCUT2D eigenvalue weighted by Gasteiger charge is -2.36. The molecule has 30 atom stereocenters. The highest BCUT2D eigenvalue weighted by Crippen LogP contribution is 2.56. The normalized spacial score (nSPS) is 35.9. The fourth-order valence-electron chi connectivity index (χ4n) is 14.5. The van der Waals surface area contributed by atoms with Gasteiger partial charge in [0.25, 0.3) is 11.8 Å². The number of fused-ring (bicyclic) bond motifs is 2. The number of carbonyl (C=O) groups excluding carboxylic acids is 3. The number of aliphatic hydroxyl groups is 3. The van der Waals surface area contributed by atoms with Crippen molar-refractivity contribution in [1.82, 2.24) is 69.9 Å². The summed E-state index contributed by atoms with van der Waals surface area (Å²) in [5.74, 6) is -0.0297. The van der Waals surface area contributed by atoms with Crippen LogP contribution in [0.4, 0.5) is 22.2 Å². The zero-order valence-corrected chi connectivity index (χ0v) is 76.1. The number of imidazole rings is 2. The van der Waals surface area contributed by atoms with Crippen LogP contribution in [0.3, 0.4) is 0 Å². The molecule has 0 spiro atoms. The molecule has 14 rings (SSSR count). The number of hydrogen-bond acceptors (Lipinski definition) is 45. The predicted octanol–water partition coefficient (Wildman–Crippen LogP) is -3.21. The molecular weight excluding hydrogens is 1890 g/mol. The minimum Gasteiger partial charge on any atom is -0.390 e. The third kappa shape index (κ3) is 24.6. The Morgan fingerprint density at radius 2 is 0.992 bits per heavy atom. The van der Waals surface area contributed by atoms with Crippen LogP contribution in [0.15, 0.2) is 66.0 Å². The van der Waals surface area contributed by atoms with Crippen LogP contribution in [-0.2, 0) is 158 Å². The molecule has 3 aromatic heterocycles. The van der Waals surface area contributed by atoms with Crippen LogP contribution in [0.25, 0.3) is 0 Å². The van der Waals surface area contributed by atoms with E-state index in [0.717, 1.165) is 11.7 Å². The lowest BCUT2D eigenvalue weighted by molar-refractivity contribution is -0.143. The van der Waals surface area contributed by atoms with E-state index >= 15 is 0 Å². The van der Waals surface area contributed by atoms with Gasteiger partial charge in [0.2, 0.25) is 6.35 Å². The zero-order valence-electron chi connectivity index (χ0n) is 65.8. The molecule has 12 unspecified atom stereocenters. The van der Waals surface area contributed by atoms with Gasteiger partial charge in [-0.05, 0) is 108 Å². The maximum absolute atomic E-state index is 12.9. The second-order valence-electron chi connectivity index (χ2n) is 29.4. The number of nitrogens with zero attached hydrogens (tertiary/aromatic N) is 9. The topological polar surface area (TPSA) is 694 Å². The van der Waals surface area contributed by atoms with E-state index in [1.807, 2.05) is 6.92 Å².